The van der Waals surface area contributed by atoms with Gasteiger partial charge in [-0.05, 0) is 24.3 Å². The van der Waals surface area contributed by atoms with Crippen molar-refractivity contribution in [3.63, 3.8) is 0 Å². The SMILES string of the molecule is O=C(CSc1ccc(C(F)(F)F)cn1)NCCc1cn2ccccc2n1. The van der Waals surface area contributed by atoms with Gasteiger partial charge in [-0.25, -0.2) is 9.97 Å². The fourth-order valence-corrected chi connectivity index (χ4v) is 2.93. The van der Waals surface area contributed by atoms with Crippen molar-refractivity contribution < 1.29 is 18.0 Å². The van der Waals surface area contributed by atoms with Crippen LogP contribution in [-0.4, -0.2) is 32.6 Å². The first kappa shape index (κ1) is 18.2. The van der Waals surface area contributed by atoms with Crippen LogP contribution in [0.25, 0.3) is 5.65 Å². The molecule has 9 heteroatoms. The monoisotopic (exact) mass is 380 g/mol. The molecule has 3 rings (SSSR count). The van der Waals surface area contributed by atoms with Gasteiger partial charge in [0.15, 0.2) is 0 Å². The Labute approximate surface area is 151 Å². The van der Waals surface area contributed by atoms with E-state index in [1.807, 2.05) is 35.0 Å². The minimum absolute atomic E-state index is 0.0868. The molecule has 0 saturated carbocycles. The van der Waals surface area contributed by atoms with Crippen molar-refractivity contribution in [2.75, 3.05) is 12.3 Å². The predicted molar refractivity (Wildman–Crippen MR) is 91.9 cm³/mol. The largest absolute Gasteiger partial charge is 0.417 e. The molecule has 0 aliphatic carbocycles. The van der Waals surface area contributed by atoms with Gasteiger partial charge in [-0.1, -0.05) is 17.8 Å². The standard InChI is InChI=1S/C17H15F3N4OS/c18-17(19,20)12-4-5-16(22-9-12)26-11-15(25)21-7-6-13-10-24-8-2-1-3-14(24)23-13/h1-5,8-10H,6-7,11H2,(H,21,25). The maximum Gasteiger partial charge on any atom is 0.417 e. The Morgan fingerprint density at radius 3 is 2.77 bits per heavy atom. The molecule has 0 spiro atoms. The molecule has 0 aliphatic rings. The summed E-state index contributed by atoms with van der Waals surface area (Å²) in [6, 6.07) is 7.93. The first-order valence-corrected chi connectivity index (χ1v) is 8.76. The van der Waals surface area contributed by atoms with Crippen molar-refractivity contribution in [3.8, 4) is 0 Å². The molecule has 3 aromatic heterocycles. The maximum atomic E-state index is 12.5. The third-order valence-electron chi connectivity index (χ3n) is 3.53. The van der Waals surface area contributed by atoms with Gasteiger partial charge in [0.1, 0.15) is 5.65 Å². The van der Waals surface area contributed by atoms with Crippen LogP contribution in [-0.2, 0) is 17.4 Å². The van der Waals surface area contributed by atoms with Crippen LogP contribution in [0.2, 0.25) is 0 Å². The molecule has 0 unspecified atom stereocenters. The van der Waals surface area contributed by atoms with E-state index >= 15 is 0 Å². The molecular formula is C17H15F3N4OS. The quantitative estimate of drug-likeness (QED) is 0.668. The molecule has 5 nitrogen and oxygen atoms in total. The lowest BCUT2D eigenvalue weighted by atomic mass is 10.3. The Bertz CT molecular complexity index is 860. The predicted octanol–water partition coefficient (Wildman–Crippen LogP) is 3.20. The number of nitrogens with zero attached hydrogens (tertiary/aromatic N) is 3. The number of rotatable bonds is 6. The van der Waals surface area contributed by atoms with Crippen LogP contribution in [0.4, 0.5) is 13.2 Å². The summed E-state index contributed by atoms with van der Waals surface area (Å²) in [7, 11) is 0. The Morgan fingerprint density at radius 2 is 2.08 bits per heavy atom. The van der Waals surface area contributed by atoms with Crippen LogP contribution in [0.3, 0.4) is 0 Å². The molecule has 0 radical (unpaired) electrons. The summed E-state index contributed by atoms with van der Waals surface area (Å²) in [4.78, 5) is 20.0. The summed E-state index contributed by atoms with van der Waals surface area (Å²) in [6.07, 6.45) is 0.756. The molecule has 3 heterocycles. The van der Waals surface area contributed by atoms with Gasteiger partial charge in [0.25, 0.3) is 0 Å². The Balaban J connectivity index is 1.42. The van der Waals surface area contributed by atoms with Crippen LogP contribution in [0.15, 0.2) is 53.9 Å². The molecule has 0 bridgehead atoms. The van der Waals surface area contributed by atoms with Crippen LogP contribution in [0.5, 0.6) is 0 Å². The summed E-state index contributed by atoms with van der Waals surface area (Å²) in [5, 5.41) is 3.13. The van der Waals surface area contributed by atoms with Crippen molar-refractivity contribution in [1.82, 2.24) is 19.7 Å². The second kappa shape index (κ2) is 7.77. The molecule has 1 N–H and O–H groups in total. The van der Waals surface area contributed by atoms with Gasteiger partial charge in [-0.15, -0.1) is 0 Å². The van der Waals surface area contributed by atoms with E-state index in [1.165, 1.54) is 6.07 Å². The highest BCUT2D eigenvalue weighted by atomic mass is 32.2. The number of pyridine rings is 2. The Kier molecular flexibility index (Phi) is 5.46. The molecular weight excluding hydrogens is 365 g/mol. The van der Waals surface area contributed by atoms with Crippen LogP contribution >= 0.6 is 11.8 Å². The van der Waals surface area contributed by atoms with Gasteiger partial charge in [0, 0.05) is 31.6 Å². The van der Waals surface area contributed by atoms with Gasteiger partial charge in [0.05, 0.1) is 22.0 Å². The van der Waals surface area contributed by atoms with E-state index in [2.05, 4.69) is 15.3 Å². The number of thioether (sulfide) groups is 1. The number of nitrogens with one attached hydrogen (secondary N) is 1. The van der Waals surface area contributed by atoms with E-state index in [9.17, 15) is 18.0 Å². The summed E-state index contributed by atoms with van der Waals surface area (Å²) >= 11 is 1.09. The summed E-state index contributed by atoms with van der Waals surface area (Å²) in [6.45, 7) is 0.434. The molecule has 0 fully saturated rings. The van der Waals surface area contributed by atoms with E-state index < -0.39 is 11.7 Å². The number of aromatic nitrogens is 3. The number of carbonyl (C=O) groups excluding carboxylic acids is 1. The number of hydrogen-bond donors (Lipinski definition) is 1. The smallest absolute Gasteiger partial charge is 0.355 e. The summed E-state index contributed by atoms with van der Waals surface area (Å²) in [5.74, 6) is -0.121. The number of alkyl halides is 3. The van der Waals surface area contributed by atoms with E-state index in [-0.39, 0.29) is 11.7 Å². The molecule has 1 amide bonds. The van der Waals surface area contributed by atoms with Gasteiger partial charge in [-0.3, -0.25) is 4.79 Å². The third kappa shape index (κ3) is 4.75. The number of carbonyl (C=O) groups is 1. The van der Waals surface area contributed by atoms with Gasteiger partial charge in [0.2, 0.25) is 5.91 Å². The van der Waals surface area contributed by atoms with E-state index in [4.69, 9.17) is 0 Å². The lowest BCUT2D eigenvalue weighted by Gasteiger charge is -2.07. The van der Waals surface area contributed by atoms with Crippen LogP contribution in [0.1, 0.15) is 11.3 Å². The van der Waals surface area contributed by atoms with E-state index in [0.29, 0.717) is 18.0 Å². The zero-order valence-electron chi connectivity index (χ0n) is 13.5. The molecule has 0 aliphatic heterocycles. The number of imidazole rings is 1. The first-order chi connectivity index (χ1) is 12.4. The van der Waals surface area contributed by atoms with Crippen molar-refractivity contribution in [3.05, 3.63) is 60.2 Å². The average Bonchev–Trinajstić information content (AvgIpc) is 3.02. The molecule has 0 saturated heterocycles. The van der Waals surface area contributed by atoms with Gasteiger partial charge >= 0.3 is 6.18 Å². The minimum Gasteiger partial charge on any atom is -0.355 e. The van der Waals surface area contributed by atoms with Crippen molar-refractivity contribution in [2.45, 2.75) is 17.6 Å². The number of fused-ring (bicyclic) bond motifs is 1. The minimum atomic E-state index is -4.41. The van der Waals surface area contributed by atoms with Gasteiger partial charge < -0.3 is 9.72 Å². The fraction of sp³-hybridized carbons (Fsp3) is 0.235. The van der Waals surface area contributed by atoms with E-state index in [1.54, 1.807) is 0 Å². The van der Waals surface area contributed by atoms with Crippen molar-refractivity contribution in [1.29, 1.82) is 0 Å². The highest BCUT2D eigenvalue weighted by Gasteiger charge is 2.30. The first-order valence-electron chi connectivity index (χ1n) is 7.77. The molecule has 3 aromatic rings. The zero-order valence-corrected chi connectivity index (χ0v) is 14.3. The molecule has 0 atom stereocenters. The molecule has 136 valence electrons. The van der Waals surface area contributed by atoms with E-state index in [0.717, 1.165) is 35.4 Å². The van der Waals surface area contributed by atoms with Crippen molar-refractivity contribution >= 4 is 23.3 Å². The fourth-order valence-electron chi connectivity index (χ4n) is 2.26. The Hall–Kier alpha value is -2.55. The summed E-state index contributed by atoms with van der Waals surface area (Å²) in [5.41, 5.74) is 0.907. The second-order valence-electron chi connectivity index (χ2n) is 5.47. The Morgan fingerprint density at radius 1 is 1.23 bits per heavy atom. The normalized spacial score (nSPS) is 11.7. The second-order valence-corrected chi connectivity index (χ2v) is 6.47. The topological polar surface area (TPSA) is 59.3 Å². The highest BCUT2D eigenvalue weighted by Crippen LogP contribution is 2.29. The summed E-state index contributed by atoms with van der Waals surface area (Å²) < 4.78 is 39.3. The number of halogens is 3. The van der Waals surface area contributed by atoms with Crippen molar-refractivity contribution in [2.24, 2.45) is 0 Å². The average molecular weight is 380 g/mol. The lowest BCUT2D eigenvalue weighted by molar-refractivity contribution is -0.137. The molecule has 0 aromatic carbocycles. The van der Waals surface area contributed by atoms with Crippen LogP contribution in [0, 0.1) is 0 Å². The lowest BCUT2D eigenvalue weighted by Crippen LogP contribution is -2.27. The molecule has 26 heavy (non-hydrogen) atoms. The third-order valence-corrected chi connectivity index (χ3v) is 4.48. The van der Waals surface area contributed by atoms with Crippen LogP contribution < -0.4 is 5.32 Å². The van der Waals surface area contributed by atoms with Gasteiger partial charge in [-0.2, -0.15) is 13.2 Å². The highest BCUT2D eigenvalue weighted by molar-refractivity contribution is 7.99. The maximum absolute atomic E-state index is 12.5. The zero-order chi connectivity index (χ0) is 18.6. The number of hydrogen-bond acceptors (Lipinski definition) is 4. The number of amides is 1.